The second-order valence-corrected chi connectivity index (χ2v) is 9.98. The van der Waals surface area contributed by atoms with Gasteiger partial charge in [0.25, 0.3) is 0 Å². The van der Waals surface area contributed by atoms with Crippen molar-refractivity contribution >= 4 is 0 Å². The molecule has 0 heterocycles. The normalized spacial score (nSPS) is 18.8. The average Bonchev–Trinajstić information content (AvgIpc) is 2.82. The zero-order valence-electron chi connectivity index (χ0n) is 20.3. The SMILES string of the molecule is CCCCCCCc1ccc(-c2ccc(CCC3CCC(CCC)CC3)c(F)c2F)cc1. The number of unbranched alkanes of at least 4 members (excludes halogenated alkanes) is 4. The first-order chi connectivity index (χ1) is 15.6. The molecular weight excluding hydrogens is 398 g/mol. The first kappa shape index (κ1) is 24.9. The minimum atomic E-state index is -0.693. The van der Waals surface area contributed by atoms with Crippen LogP contribution >= 0.6 is 0 Å². The maximum Gasteiger partial charge on any atom is 0.166 e. The fourth-order valence-corrected chi connectivity index (χ4v) is 5.37. The van der Waals surface area contributed by atoms with E-state index in [9.17, 15) is 8.78 Å². The van der Waals surface area contributed by atoms with Crippen molar-refractivity contribution in [2.75, 3.05) is 0 Å². The Labute approximate surface area is 194 Å². The monoisotopic (exact) mass is 440 g/mol. The Morgan fingerprint density at radius 3 is 1.97 bits per heavy atom. The highest BCUT2D eigenvalue weighted by molar-refractivity contribution is 5.65. The molecule has 0 N–H and O–H groups in total. The summed E-state index contributed by atoms with van der Waals surface area (Å²) in [6, 6.07) is 11.6. The van der Waals surface area contributed by atoms with Crippen LogP contribution in [0.5, 0.6) is 0 Å². The summed E-state index contributed by atoms with van der Waals surface area (Å²) in [6.45, 7) is 4.49. The Hall–Kier alpha value is -1.70. The molecule has 0 radical (unpaired) electrons. The summed E-state index contributed by atoms with van der Waals surface area (Å²) in [6.07, 6.45) is 16.7. The van der Waals surface area contributed by atoms with E-state index in [-0.39, 0.29) is 0 Å². The Morgan fingerprint density at radius 1 is 0.656 bits per heavy atom. The molecule has 0 unspecified atom stereocenters. The molecule has 0 saturated heterocycles. The lowest BCUT2D eigenvalue weighted by Gasteiger charge is -2.28. The van der Waals surface area contributed by atoms with Gasteiger partial charge in [-0.05, 0) is 54.2 Å². The number of halogens is 2. The summed E-state index contributed by atoms with van der Waals surface area (Å²) < 4.78 is 29.7. The molecule has 0 atom stereocenters. The Morgan fingerprint density at radius 2 is 1.31 bits per heavy atom. The number of hydrogen-bond acceptors (Lipinski definition) is 0. The molecule has 0 amide bonds. The van der Waals surface area contributed by atoms with Gasteiger partial charge < -0.3 is 0 Å². The third kappa shape index (κ3) is 7.15. The van der Waals surface area contributed by atoms with E-state index in [4.69, 9.17) is 0 Å². The van der Waals surface area contributed by atoms with Crippen LogP contribution in [0, 0.1) is 23.5 Å². The fourth-order valence-electron chi connectivity index (χ4n) is 5.37. The molecule has 2 heteroatoms. The zero-order valence-corrected chi connectivity index (χ0v) is 20.3. The van der Waals surface area contributed by atoms with Crippen LogP contribution in [0.4, 0.5) is 8.78 Å². The summed E-state index contributed by atoms with van der Waals surface area (Å²) >= 11 is 0. The van der Waals surface area contributed by atoms with Gasteiger partial charge in [0.1, 0.15) is 0 Å². The predicted octanol–water partition coefficient (Wildman–Crippen LogP) is 9.68. The van der Waals surface area contributed by atoms with E-state index in [1.165, 1.54) is 76.2 Å². The van der Waals surface area contributed by atoms with Gasteiger partial charge in [0.2, 0.25) is 0 Å². The summed E-state index contributed by atoms with van der Waals surface area (Å²) in [4.78, 5) is 0. The van der Waals surface area contributed by atoms with Crippen LogP contribution in [0.25, 0.3) is 11.1 Å². The van der Waals surface area contributed by atoms with Crippen LogP contribution < -0.4 is 0 Å². The van der Waals surface area contributed by atoms with Crippen molar-refractivity contribution in [3.05, 3.63) is 59.2 Å². The molecule has 1 saturated carbocycles. The van der Waals surface area contributed by atoms with Crippen molar-refractivity contribution in [1.82, 2.24) is 0 Å². The second-order valence-electron chi connectivity index (χ2n) is 9.98. The maximum atomic E-state index is 14.9. The Kier molecular flexibility index (Phi) is 10.2. The van der Waals surface area contributed by atoms with Crippen molar-refractivity contribution in [2.45, 2.75) is 104 Å². The minimum Gasteiger partial charge on any atom is -0.203 e. The van der Waals surface area contributed by atoms with Crippen molar-refractivity contribution < 1.29 is 8.78 Å². The average molecular weight is 441 g/mol. The molecule has 2 aromatic carbocycles. The summed E-state index contributed by atoms with van der Waals surface area (Å²) in [5.41, 5.74) is 2.94. The molecule has 2 aromatic rings. The molecule has 3 rings (SSSR count). The fraction of sp³-hybridized carbons (Fsp3) is 0.600. The molecule has 0 bridgehead atoms. The highest BCUT2D eigenvalue weighted by Gasteiger charge is 2.21. The van der Waals surface area contributed by atoms with E-state index >= 15 is 0 Å². The number of hydrogen-bond donors (Lipinski definition) is 0. The van der Waals surface area contributed by atoms with Gasteiger partial charge in [-0.3, -0.25) is 0 Å². The largest absolute Gasteiger partial charge is 0.203 e. The van der Waals surface area contributed by atoms with Gasteiger partial charge in [0.05, 0.1) is 0 Å². The van der Waals surface area contributed by atoms with Crippen molar-refractivity contribution in [3.63, 3.8) is 0 Å². The summed E-state index contributed by atoms with van der Waals surface area (Å²) in [5.74, 6) is 0.209. The lowest BCUT2D eigenvalue weighted by atomic mass is 9.78. The number of rotatable bonds is 12. The van der Waals surface area contributed by atoms with Crippen molar-refractivity contribution in [3.8, 4) is 11.1 Å². The molecule has 1 aliphatic rings. The standard InChI is InChI=1S/C30H42F2/c1-3-5-6-7-8-10-24-15-18-26(19-16-24)28-22-21-27(29(31)30(28)32)20-17-25-13-11-23(9-4-2)12-14-25/h15-16,18-19,21-23,25H,3-14,17,20H2,1-2H3. The molecule has 176 valence electrons. The summed E-state index contributed by atoms with van der Waals surface area (Å²) in [7, 11) is 0. The minimum absolute atomic E-state index is 0.376. The lowest BCUT2D eigenvalue weighted by Crippen LogP contribution is -2.15. The van der Waals surface area contributed by atoms with Crippen LogP contribution in [0.3, 0.4) is 0 Å². The van der Waals surface area contributed by atoms with Crippen molar-refractivity contribution in [2.24, 2.45) is 11.8 Å². The quantitative estimate of drug-likeness (QED) is 0.288. The third-order valence-corrected chi connectivity index (χ3v) is 7.48. The van der Waals surface area contributed by atoms with Crippen LogP contribution in [0.15, 0.2) is 36.4 Å². The van der Waals surface area contributed by atoms with Crippen LogP contribution in [0.2, 0.25) is 0 Å². The smallest absolute Gasteiger partial charge is 0.166 e. The molecule has 32 heavy (non-hydrogen) atoms. The van der Waals surface area contributed by atoms with Crippen molar-refractivity contribution in [1.29, 1.82) is 0 Å². The molecule has 1 aliphatic carbocycles. The van der Waals surface area contributed by atoms with Gasteiger partial charge in [0, 0.05) is 5.56 Å². The van der Waals surface area contributed by atoms with Crippen LogP contribution in [-0.4, -0.2) is 0 Å². The lowest BCUT2D eigenvalue weighted by molar-refractivity contribution is 0.251. The Balaban J connectivity index is 1.54. The number of aryl methyl sites for hydroxylation is 2. The van der Waals surface area contributed by atoms with E-state index < -0.39 is 11.6 Å². The number of benzene rings is 2. The van der Waals surface area contributed by atoms with Gasteiger partial charge in [0.15, 0.2) is 11.6 Å². The van der Waals surface area contributed by atoms with Gasteiger partial charge in [-0.1, -0.05) is 114 Å². The van der Waals surface area contributed by atoms with E-state index in [0.717, 1.165) is 24.3 Å². The van der Waals surface area contributed by atoms with E-state index in [0.29, 0.717) is 23.5 Å². The Bertz CT molecular complexity index is 800. The maximum absolute atomic E-state index is 14.9. The predicted molar refractivity (Wildman–Crippen MR) is 133 cm³/mol. The highest BCUT2D eigenvalue weighted by atomic mass is 19.2. The molecule has 1 fully saturated rings. The molecule has 0 spiro atoms. The molecule has 0 nitrogen and oxygen atoms in total. The van der Waals surface area contributed by atoms with Gasteiger partial charge >= 0.3 is 0 Å². The topological polar surface area (TPSA) is 0 Å². The highest BCUT2D eigenvalue weighted by Crippen LogP contribution is 2.34. The summed E-state index contributed by atoms with van der Waals surface area (Å²) in [5, 5.41) is 0. The van der Waals surface area contributed by atoms with E-state index in [1.807, 2.05) is 12.1 Å². The van der Waals surface area contributed by atoms with Crippen LogP contribution in [-0.2, 0) is 12.8 Å². The zero-order chi connectivity index (χ0) is 22.8. The van der Waals surface area contributed by atoms with Gasteiger partial charge in [-0.15, -0.1) is 0 Å². The van der Waals surface area contributed by atoms with E-state index in [2.05, 4.69) is 26.0 Å². The van der Waals surface area contributed by atoms with Gasteiger partial charge in [-0.2, -0.15) is 0 Å². The first-order valence-electron chi connectivity index (χ1n) is 13.2. The molecule has 0 aliphatic heterocycles. The van der Waals surface area contributed by atoms with Gasteiger partial charge in [-0.25, -0.2) is 8.78 Å². The molecule has 0 aromatic heterocycles. The second kappa shape index (κ2) is 13.1. The third-order valence-electron chi connectivity index (χ3n) is 7.48. The van der Waals surface area contributed by atoms with E-state index in [1.54, 1.807) is 12.1 Å². The molecular formula is C30H42F2. The van der Waals surface area contributed by atoms with Crippen LogP contribution in [0.1, 0.15) is 102 Å². The first-order valence-corrected chi connectivity index (χ1v) is 13.2.